The summed E-state index contributed by atoms with van der Waals surface area (Å²) < 4.78 is 6.09. The number of fused-ring (bicyclic) bond motifs is 1. The van der Waals surface area contributed by atoms with E-state index < -0.39 is 0 Å². The molecule has 0 aromatic heterocycles. The zero-order chi connectivity index (χ0) is 13.3. The summed E-state index contributed by atoms with van der Waals surface area (Å²) in [6, 6.07) is 6.60. The maximum atomic E-state index is 6.09. The Morgan fingerprint density at radius 1 is 1.37 bits per heavy atom. The normalized spacial score (nSPS) is 30.1. The van der Waals surface area contributed by atoms with Gasteiger partial charge in [-0.15, -0.1) is 0 Å². The molecule has 1 aromatic rings. The van der Waals surface area contributed by atoms with Crippen LogP contribution < -0.4 is 10.1 Å². The largest absolute Gasteiger partial charge is 0.493 e. The van der Waals surface area contributed by atoms with E-state index in [1.54, 1.807) is 0 Å². The van der Waals surface area contributed by atoms with Gasteiger partial charge in [0.05, 0.1) is 6.61 Å². The second-order valence-electron chi connectivity index (χ2n) is 6.80. The summed E-state index contributed by atoms with van der Waals surface area (Å²) in [5, 5.41) is 3.41. The number of hydrogen-bond acceptors (Lipinski definition) is 2. The van der Waals surface area contributed by atoms with Gasteiger partial charge in [0.2, 0.25) is 0 Å². The van der Waals surface area contributed by atoms with Crippen LogP contribution in [-0.4, -0.2) is 13.2 Å². The second-order valence-corrected chi connectivity index (χ2v) is 6.80. The van der Waals surface area contributed by atoms with Gasteiger partial charge in [-0.25, -0.2) is 0 Å². The highest BCUT2D eigenvalue weighted by Crippen LogP contribution is 2.41. The summed E-state index contributed by atoms with van der Waals surface area (Å²) in [4.78, 5) is 0. The van der Waals surface area contributed by atoms with E-state index in [1.807, 2.05) is 0 Å². The Labute approximate surface area is 116 Å². The van der Waals surface area contributed by atoms with Crippen molar-refractivity contribution in [3.63, 3.8) is 0 Å². The number of nitrogens with one attached hydrogen (secondary N) is 1. The van der Waals surface area contributed by atoms with Crippen molar-refractivity contribution in [1.29, 1.82) is 0 Å². The molecule has 2 heteroatoms. The van der Waals surface area contributed by atoms with Crippen LogP contribution in [0.4, 0.5) is 0 Å². The van der Waals surface area contributed by atoms with Crippen LogP contribution in [0.3, 0.4) is 0 Å². The Balaban J connectivity index is 1.64. The number of ether oxygens (including phenoxy) is 1. The quantitative estimate of drug-likeness (QED) is 0.896. The lowest BCUT2D eigenvalue weighted by atomic mass is 9.89. The predicted octanol–water partition coefficient (Wildman–Crippen LogP) is 3.54. The van der Waals surface area contributed by atoms with Crippen LogP contribution in [0, 0.1) is 11.3 Å². The Morgan fingerprint density at radius 3 is 3.05 bits per heavy atom. The Morgan fingerprint density at radius 2 is 2.26 bits per heavy atom. The SMILES string of the molecule is CC1CCC(C)(COc2ccc3c(c2)CCNC3)C1. The molecule has 104 valence electrons. The molecular formula is C17H25NO. The van der Waals surface area contributed by atoms with Gasteiger partial charge >= 0.3 is 0 Å². The molecular weight excluding hydrogens is 234 g/mol. The lowest BCUT2D eigenvalue weighted by Gasteiger charge is -2.25. The zero-order valence-electron chi connectivity index (χ0n) is 12.2. The van der Waals surface area contributed by atoms with Crippen molar-refractivity contribution in [2.45, 2.75) is 46.1 Å². The van der Waals surface area contributed by atoms with Gasteiger partial charge in [0.1, 0.15) is 5.75 Å². The third-order valence-electron chi connectivity index (χ3n) is 4.73. The van der Waals surface area contributed by atoms with E-state index in [0.29, 0.717) is 5.41 Å². The summed E-state index contributed by atoms with van der Waals surface area (Å²) in [5.41, 5.74) is 3.28. The Hall–Kier alpha value is -1.02. The van der Waals surface area contributed by atoms with Gasteiger partial charge in [-0.2, -0.15) is 0 Å². The lowest BCUT2D eigenvalue weighted by Crippen LogP contribution is -2.24. The maximum Gasteiger partial charge on any atom is 0.119 e. The highest BCUT2D eigenvalue weighted by Gasteiger charge is 2.33. The molecule has 1 aromatic carbocycles. The van der Waals surface area contributed by atoms with Gasteiger partial charge in [0, 0.05) is 12.0 Å². The highest BCUT2D eigenvalue weighted by molar-refractivity contribution is 5.37. The Kier molecular flexibility index (Phi) is 3.53. The van der Waals surface area contributed by atoms with Crippen LogP contribution >= 0.6 is 0 Å². The van der Waals surface area contributed by atoms with Crippen molar-refractivity contribution in [2.24, 2.45) is 11.3 Å². The molecule has 0 radical (unpaired) electrons. The van der Waals surface area contributed by atoms with Crippen molar-refractivity contribution in [2.75, 3.05) is 13.2 Å². The minimum Gasteiger partial charge on any atom is -0.493 e. The molecule has 2 unspecified atom stereocenters. The van der Waals surface area contributed by atoms with E-state index in [4.69, 9.17) is 4.74 Å². The van der Waals surface area contributed by atoms with Crippen molar-refractivity contribution in [3.05, 3.63) is 29.3 Å². The summed E-state index contributed by atoms with van der Waals surface area (Å²) in [5.74, 6) is 1.92. The fraction of sp³-hybridized carbons (Fsp3) is 0.647. The van der Waals surface area contributed by atoms with E-state index in [-0.39, 0.29) is 0 Å². The molecule has 3 rings (SSSR count). The fourth-order valence-electron chi connectivity index (χ4n) is 3.57. The monoisotopic (exact) mass is 259 g/mol. The molecule has 0 saturated heterocycles. The van der Waals surface area contributed by atoms with Crippen molar-refractivity contribution in [1.82, 2.24) is 5.32 Å². The third-order valence-corrected chi connectivity index (χ3v) is 4.73. The molecule has 1 aliphatic heterocycles. The first kappa shape index (κ1) is 13.0. The van der Waals surface area contributed by atoms with Crippen LogP contribution in [0.1, 0.15) is 44.2 Å². The van der Waals surface area contributed by atoms with E-state index in [0.717, 1.165) is 37.8 Å². The van der Waals surface area contributed by atoms with E-state index in [1.165, 1.54) is 30.4 Å². The summed E-state index contributed by atoms with van der Waals surface area (Å²) >= 11 is 0. The number of rotatable bonds is 3. The maximum absolute atomic E-state index is 6.09. The highest BCUT2D eigenvalue weighted by atomic mass is 16.5. The van der Waals surface area contributed by atoms with Crippen molar-refractivity contribution < 1.29 is 4.74 Å². The van der Waals surface area contributed by atoms with Crippen LogP contribution in [-0.2, 0) is 13.0 Å². The number of benzene rings is 1. The van der Waals surface area contributed by atoms with Crippen molar-refractivity contribution >= 4 is 0 Å². The van der Waals surface area contributed by atoms with Crippen LogP contribution in [0.15, 0.2) is 18.2 Å². The molecule has 0 amide bonds. The molecule has 0 bridgehead atoms. The van der Waals surface area contributed by atoms with Gasteiger partial charge in [0.15, 0.2) is 0 Å². The molecule has 0 spiro atoms. The van der Waals surface area contributed by atoms with Gasteiger partial charge in [0.25, 0.3) is 0 Å². The Bertz CT molecular complexity index is 457. The number of hydrogen-bond donors (Lipinski definition) is 1. The molecule has 1 fully saturated rings. The van der Waals surface area contributed by atoms with Gasteiger partial charge < -0.3 is 10.1 Å². The topological polar surface area (TPSA) is 21.3 Å². The van der Waals surface area contributed by atoms with E-state index in [2.05, 4.69) is 37.4 Å². The molecule has 1 heterocycles. The fourth-order valence-corrected chi connectivity index (χ4v) is 3.57. The summed E-state index contributed by atoms with van der Waals surface area (Å²) in [6.45, 7) is 7.70. The van der Waals surface area contributed by atoms with Gasteiger partial charge in [-0.1, -0.05) is 26.3 Å². The average Bonchev–Trinajstić information content (AvgIpc) is 2.77. The van der Waals surface area contributed by atoms with E-state index in [9.17, 15) is 0 Å². The first-order valence-electron chi connectivity index (χ1n) is 7.60. The minimum atomic E-state index is 0.386. The smallest absolute Gasteiger partial charge is 0.119 e. The lowest BCUT2D eigenvalue weighted by molar-refractivity contribution is 0.164. The molecule has 1 N–H and O–H groups in total. The van der Waals surface area contributed by atoms with Crippen LogP contribution in [0.5, 0.6) is 5.75 Å². The molecule has 1 saturated carbocycles. The average molecular weight is 259 g/mol. The third kappa shape index (κ3) is 2.94. The minimum absolute atomic E-state index is 0.386. The van der Waals surface area contributed by atoms with Gasteiger partial charge in [-0.3, -0.25) is 0 Å². The predicted molar refractivity (Wildman–Crippen MR) is 78.5 cm³/mol. The van der Waals surface area contributed by atoms with Crippen LogP contribution in [0.2, 0.25) is 0 Å². The first-order valence-corrected chi connectivity index (χ1v) is 7.60. The molecule has 2 atom stereocenters. The first-order chi connectivity index (χ1) is 9.15. The molecule has 2 nitrogen and oxygen atoms in total. The summed E-state index contributed by atoms with van der Waals surface area (Å²) in [7, 11) is 0. The molecule has 1 aliphatic carbocycles. The standard InChI is InChI=1S/C17H25NO/c1-13-5-7-17(2,10-13)12-19-16-4-3-15-11-18-8-6-14(15)9-16/h3-4,9,13,18H,5-8,10-12H2,1-2H3. The zero-order valence-corrected chi connectivity index (χ0v) is 12.2. The molecule has 2 aliphatic rings. The summed E-state index contributed by atoms with van der Waals surface area (Å²) in [6.07, 6.45) is 5.10. The van der Waals surface area contributed by atoms with Crippen LogP contribution in [0.25, 0.3) is 0 Å². The second kappa shape index (κ2) is 5.16. The molecule has 19 heavy (non-hydrogen) atoms. The van der Waals surface area contributed by atoms with E-state index >= 15 is 0 Å². The van der Waals surface area contributed by atoms with Crippen molar-refractivity contribution in [3.8, 4) is 5.75 Å². The van der Waals surface area contributed by atoms with Gasteiger partial charge in [-0.05, 0) is 55.0 Å².